The molecule has 3 fully saturated rings. The second-order valence-electron chi connectivity index (χ2n) is 8.13. The van der Waals surface area contributed by atoms with Gasteiger partial charge in [-0.2, -0.15) is 5.10 Å². The highest BCUT2D eigenvalue weighted by atomic mass is 19.1. The normalized spacial score (nSPS) is 21.9. The minimum Gasteiger partial charge on any atom is -0.368 e. The molecule has 0 saturated carbocycles. The number of hydrogen-bond acceptors (Lipinski definition) is 5. The van der Waals surface area contributed by atoms with Gasteiger partial charge in [-0.25, -0.2) is 9.18 Å². The highest BCUT2D eigenvalue weighted by molar-refractivity contribution is 6.09. The van der Waals surface area contributed by atoms with Crippen LogP contribution in [0.3, 0.4) is 0 Å². The van der Waals surface area contributed by atoms with E-state index in [0.717, 1.165) is 44.5 Å². The number of benzene rings is 1. The summed E-state index contributed by atoms with van der Waals surface area (Å²) in [7, 11) is 1.78. The summed E-state index contributed by atoms with van der Waals surface area (Å²) < 4.78 is 16.7. The average molecular weight is 386 g/mol. The number of anilines is 2. The van der Waals surface area contributed by atoms with Gasteiger partial charge in [0.05, 0.1) is 11.2 Å². The molecule has 8 nitrogen and oxygen atoms in total. The topological polar surface area (TPSA) is 82.5 Å². The van der Waals surface area contributed by atoms with Crippen LogP contribution in [0.5, 0.6) is 0 Å². The van der Waals surface area contributed by atoms with Crippen LogP contribution in [-0.2, 0) is 11.8 Å². The van der Waals surface area contributed by atoms with E-state index in [1.807, 2.05) is 6.07 Å². The highest BCUT2D eigenvalue weighted by Crippen LogP contribution is 2.43. The fourth-order valence-electron chi connectivity index (χ4n) is 4.66. The number of aromatic nitrogens is 2. The Hall–Kier alpha value is -2.68. The Bertz CT molecular complexity index is 972. The van der Waals surface area contributed by atoms with Crippen molar-refractivity contribution in [2.45, 2.75) is 19.3 Å². The van der Waals surface area contributed by atoms with Crippen LogP contribution in [0.4, 0.5) is 20.7 Å². The lowest BCUT2D eigenvalue weighted by Crippen LogP contribution is -2.60. The average Bonchev–Trinajstić information content (AvgIpc) is 2.95. The standard InChI is InChI=1S/C19H23FN6O2/c1-24-14-9-15(25-10-19(11-25)3-5-21-6-4-19)13(20)8-12(14)17(23-24)26-7-2-16(27)22-18(26)28/h8-9,21H,2-7,10-11H2,1H3,(H,22,27,28). The summed E-state index contributed by atoms with van der Waals surface area (Å²) in [6, 6.07) is 2.77. The molecule has 148 valence electrons. The molecule has 4 heterocycles. The number of amides is 3. The van der Waals surface area contributed by atoms with Gasteiger partial charge < -0.3 is 10.2 Å². The first kappa shape index (κ1) is 17.4. The van der Waals surface area contributed by atoms with Gasteiger partial charge in [-0.05, 0) is 38.1 Å². The molecular formula is C19H23FN6O2. The number of hydrogen-bond donors (Lipinski definition) is 2. The lowest BCUT2D eigenvalue weighted by Gasteiger charge is -2.53. The number of carbonyl (C=O) groups excluding carboxylic acids is 2. The monoisotopic (exact) mass is 386 g/mol. The molecule has 2 N–H and O–H groups in total. The van der Waals surface area contributed by atoms with Crippen molar-refractivity contribution in [1.29, 1.82) is 0 Å². The molecule has 3 amide bonds. The van der Waals surface area contributed by atoms with Crippen LogP contribution in [0, 0.1) is 11.2 Å². The molecular weight excluding hydrogens is 363 g/mol. The van der Waals surface area contributed by atoms with Crippen LogP contribution in [0.25, 0.3) is 10.9 Å². The maximum absolute atomic E-state index is 15.0. The van der Waals surface area contributed by atoms with Gasteiger partial charge in [-0.15, -0.1) is 0 Å². The van der Waals surface area contributed by atoms with Gasteiger partial charge in [-0.1, -0.05) is 0 Å². The van der Waals surface area contributed by atoms with Crippen LogP contribution in [-0.4, -0.2) is 54.4 Å². The molecule has 5 rings (SSSR count). The Morgan fingerprint density at radius 2 is 1.93 bits per heavy atom. The fourth-order valence-corrected chi connectivity index (χ4v) is 4.66. The van der Waals surface area contributed by atoms with Crippen molar-refractivity contribution in [3.8, 4) is 0 Å². The van der Waals surface area contributed by atoms with Gasteiger partial charge in [0, 0.05) is 43.9 Å². The third kappa shape index (κ3) is 2.64. The number of rotatable bonds is 2. The minimum atomic E-state index is -0.517. The van der Waals surface area contributed by atoms with Crippen molar-refractivity contribution in [2.24, 2.45) is 12.5 Å². The molecule has 1 aromatic carbocycles. The van der Waals surface area contributed by atoms with E-state index >= 15 is 0 Å². The second-order valence-corrected chi connectivity index (χ2v) is 8.13. The predicted octanol–water partition coefficient (Wildman–Crippen LogP) is 1.35. The lowest BCUT2D eigenvalue weighted by atomic mass is 9.72. The molecule has 2 aromatic rings. The molecule has 3 aliphatic heterocycles. The van der Waals surface area contributed by atoms with Gasteiger partial charge in [0.1, 0.15) is 5.82 Å². The van der Waals surface area contributed by atoms with Gasteiger partial charge in [0.15, 0.2) is 5.82 Å². The van der Waals surface area contributed by atoms with Crippen molar-refractivity contribution in [2.75, 3.05) is 42.5 Å². The smallest absolute Gasteiger partial charge is 0.329 e. The Morgan fingerprint density at radius 1 is 1.18 bits per heavy atom. The van der Waals surface area contributed by atoms with E-state index in [1.54, 1.807) is 11.7 Å². The van der Waals surface area contributed by atoms with E-state index in [-0.39, 0.29) is 24.7 Å². The van der Waals surface area contributed by atoms with E-state index in [4.69, 9.17) is 0 Å². The third-order valence-corrected chi connectivity index (χ3v) is 6.27. The number of aryl methyl sites for hydroxylation is 1. The van der Waals surface area contributed by atoms with E-state index in [1.165, 1.54) is 11.0 Å². The van der Waals surface area contributed by atoms with Crippen molar-refractivity contribution in [3.05, 3.63) is 17.9 Å². The number of urea groups is 1. The zero-order chi connectivity index (χ0) is 19.5. The molecule has 3 aliphatic rings. The summed E-state index contributed by atoms with van der Waals surface area (Å²) >= 11 is 0. The zero-order valence-electron chi connectivity index (χ0n) is 15.8. The van der Waals surface area contributed by atoms with Crippen LogP contribution in [0.15, 0.2) is 12.1 Å². The SMILES string of the molecule is Cn1nc(N2CCC(=O)NC2=O)c2cc(F)c(N3CC4(CCNCC4)C3)cc21. The molecule has 0 aliphatic carbocycles. The molecule has 9 heteroatoms. The number of imide groups is 1. The van der Waals surface area contributed by atoms with Crippen molar-refractivity contribution < 1.29 is 14.0 Å². The van der Waals surface area contributed by atoms with E-state index < -0.39 is 6.03 Å². The predicted molar refractivity (Wildman–Crippen MR) is 103 cm³/mol. The van der Waals surface area contributed by atoms with E-state index in [0.29, 0.717) is 22.3 Å². The summed E-state index contributed by atoms with van der Waals surface area (Å²) in [6.45, 7) is 4.04. The van der Waals surface area contributed by atoms with Crippen molar-refractivity contribution in [3.63, 3.8) is 0 Å². The lowest BCUT2D eigenvalue weighted by molar-refractivity contribution is -0.120. The van der Waals surface area contributed by atoms with Gasteiger partial charge >= 0.3 is 6.03 Å². The molecule has 1 aromatic heterocycles. The van der Waals surface area contributed by atoms with Crippen molar-refractivity contribution in [1.82, 2.24) is 20.4 Å². The summed E-state index contributed by atoms with van der Waals surface area (Å²) in [5.74, 6) is -0.231. The van der Waals surface area contributed by atoms with Crippen LogP contribution in [0.2, 0.25) is 0 Å². The summed E-state index contributed by atoms with van der Waals surface area (Å²) in [5.41, 5.74) is 1.66. The first-order valence-electron chi connectivity index (χ1n) is 9.69. The quantitative estimate of drug-likeness (QED) is 0.814. The number of nitrogens with zero attached hydrogens (tertiary/aromatic N) is 4. The van der Waals surface area contributed by atoms with Crippen LogP contribution in [0.1, 0.15) is 19.3 Å². The Balaban J connectivity index is 1.46. The molecule has 0 unspecified atom stereocenters. The van der Waals surface area contributed by atoms with E-state index in [2.05, 4.69) is 20.6 Å². The van der Waals surface area contributed by atoms with Crippen molar-refractivity contribution >= 4 is 34.3 Å². The molecule has 0 atom stereocenters. The van der Waals surface area contributed by atoms with Gasteiger partial charge in [-0.3, -0.25) is 19.7 Å². The highest BCUT2D eigenvalue weighted by Gasteiger charge is 2.44. The number of piperidine rings is 1. The number of carbonyl (C=O) groups is 2. The zero-order valence-corrected chi connectivity index (χ0v) is 15.8. The van der Waals surface area contributed by atoms with Crippen LogP contribution < -0.4 is 20.4 Å². The van der Waals surface area contributed by atoms with E-state index in [9.17, 15) is 14.0 Å². The van der Waals surface area contributed by atoms with Gasteiger partial charge in [0.25, 0.3) is 0 Å². The fraction of sp³-hybridized carbons (Fsp3) is 0.526. The van der Waals surface area contributed by atoms with Gasteiger partial charge in [0.2, 0.25) is 5.91 Å². The maximum atomic E-state index is 15.0. The van der Waals surface area contributed by atoms with Crippen LogP contribution >= 0.6 is 0 Å². The second kappa shape index (κ2) is 6.16. The summed E-state index contributed by atoms with van der Waals surface area (Å²) in [5, 5.41) is 10.7. The molecule has 0 bridgehead atoms. The summed E-state index contributed by atoms with van der Waals surface area (Å²) in [4.78, 5) is 27.1. The molecule has 28 heavy (non-hydrogen) atoms. The number of halogens is 1. The Kier molecular flexibility index (Phi) is 3.84. The Labute approximate surface area is 161 Å². The molecule has 0 radical (unpaired) electrons. The maximum Gasteiger partial charge on any atom is 0.329 e. The largest absolute Gasteiger partial charge is 0.368 e. The number of fused-ring (bicyclic) bond motifs is 1. The first-order valence-corrected chi connectivity index (χ1v) is 9.69. The Morgan fingerprint density at radius 3 is 2.64 bits per heavy atom. The molecule has 1 spiro atoms. The first-order chi connectivity index (χ1) is 13.5. The molecule has 3 saturated heterocycles. The number of nitrogens with one attached hydrogen (secondary N) is 2. The minimum absolute atomic E-state index is 0.203. The third-order valence-electron chi connectivity index (χ3n) is 6.27. The summed E-state index contributed by atoms with van der Waals surface area (Å²) in [6.07, 6.45) is 2.47.